The number of nitrogens with zero attached hydrogens (tertiary/aromatic N) is 3. The first-order valence-electron chi connectivity index (χ1n) is 7.55. The molecule has 0 N–H and O–H groups in total. The number of hydrogen-bond acceptors (Lipinski definition) is 2. The summed E-state index contributed by atoms with van der Waals surface area (Å²) < 4.78 is 30.1. The van der Waals surface area contributed by atoms with E-state index in [9.17, 15) is 8.78 Å². The van der Waals surface area contributed by atoms with E-state index in [0.29, 0.717) is 21.8 Å². The van der Waals surface area contributed by atoms with Gasteiger partial charge >= 0.3 is 0 Å². The van der Waals surface area contributed by atoms with Gasteiger partial charge in [0.05, 0.1) is 27.7 Å². The van der Waals surface area contributed by atoms with E-state index in [1.165, 1.54) is 24.3 Å². The molecular formula is C20H7F2N3. The molecule has 0 amide bonds. The van der Waals surface area contributed by atoms with Crippen LogP contribution in [0.25, 0.3) is 38.1 Å². The Bertz CT molecular complexity index is 1330. The van der Waals surface area contributed by atoms with E-state index in [1.807, 2.05) is 34.7 Å². The van der Waals surface area contributed by atoms with Gasteiger partial charge in [-0.05, 0) is 24.3 Å². The van der Waals surface area contributed by atoms with Crippen molar-refractivity contribution in [1.29, 1.82) is 10.5 Å². The minimum Gasteiger partial charge on any atom is -0.308 e. The molecule has 2 heterocycles. The lowest BCUT2D eigenvalue weighted by Crippen LogP contribution is -1.88. The second-order valence-corrected chi connectivity index (χ2v) is 5.96. The predicted molar refractivity (Wildman–Crippen MR) is 90.4 cm³/mol. The molecule has 0 bridgehead atoms. The van der Waals surface area contributed by atoms with Gasteiger partial charge in [0.1, 0.15) is 23.8 Å². The van der Waals surface area contributed by atoms with Gasteiger partial charge in [0.25, 0.3) is 0 Å². The zero-order chi connectivity index (χ0) is 17.3. The number of para-hydroxylation sites is 1. The van der Waals surface area contributed by atoms with E-state index in [0.717, 1.165) is 16.3 Å². The molecule has 0 aliphatic heterocycles. The van der Waals surface area contributed by atoms with Gasteiger partial charge in [-0.15, -0.1) is 0 Å². The fourth-order valence-electron chi connectivity index (χ4n) is 3.69. The SMILES string of the molecule is N#Cc1cc2c(cc1F)c1cccc3c4cc(F)c(C#N)cc4n2c13. The Kier molecular flexibility index (Phi) is 2.43. The topological polar surface area (TPSA) is 52.0 Å². The van der Waals surface area contributed by atoms with Gasteiger partial charge in [-0.1, -0.05) is 18.2 Å². The normalized spacial score (nSPS) is 11.5. The van der Waals surface area contributed by atoms with E-state index >= 15 is 0 Å². The summed E-state index contributed by atoms with van der Waals surface area (Å²) in [6.45, 7) is 0. The molecule has 0 spiro atoms. The van der Waals surface area contributed by atoms with Crippen LogP contribution in [0.2, 0.25) is 0 Å². The van der Waals surface area contributed by atoms with Gasteiger partial charge < -0.3 is 4.40 Å². The van der Waals surface area contributed by atoms with Crippen molar-refractivity contribution in [3.8, 4) is 12.1 Å². The van der Waals surface area contributed by atoms with Gasteiger partial charge in [-0.3, -0.25) is 0 Å². The van der Waals surface area contributed by atoms with Crippen molar-refractivity contribution in [3.63, 3.8) is 0 Å². The molecule has 3 aromatic carbocycles. The average Bonchev–Trinajstić information content (AvgIpc) is 3.11. The van der Waals surface area contributed by atoms with Crippen molar-refractivity contribution in [2.45, 2.75) is 0 Å². The Morgan fingerprint density at radius 2 is 1.20 bits per heavy atom. The van der Waals surface area contributed by atoms with E-state index in [-0.39, 0.29) is 11.1 Å². The molecule has 5 aromatic rings. The predicted octanol–water partition coefficient (Wildman–Crippen LogP) is 4.86. The molecule has 116 valence electrons. The van der Waals surface area contributed by atoms with E-state index < -0.39 is 11.6 Å². The highest BCUT2D eigenvalue weighted by molar-refractivity contribution is 6.23. The van der Waals surface area contributed by atoms with Crippen molar-refractivity contribution in [3.05, 3.63) is 65.2 Å². The van der Waals surface area contributed by atoms with Crippen LogP contribution in [0.3, 0.4) is 0 Å². The standard InChI is InChI=1S/C20H7F2N3/c21-16-6-14-12-2-1-3-13-15-7-17(22)11(9-24)5-19(15)25(20(12)13)18(14)4-10(16)8-23/h1-7H. The zero-order valence-electron chi connectivity index (χ0n) is 12.6. The molecule has 0 atom stereocenters. The molecule has 0 aliphatic carbocycles. The second kappa shape index (κ2) is 4.43. The fraction of sp³-hybridized carbons (Fsp3) is 0. The van der Waals surface area contributed by atoms with Crippen molar-refractivity contribution in [1.82, 2.24) is 4.40 Å². The summed E-state index contributed by atoms with van der Waals surface area (Å²) in [5.74, 6) is -1.14. The maximum atomic E-state index is 14.1. The highest BCUT2D eigenvalue weighted by Crippen LogP contribution is 2.40. The molecule has 0 fully saturated rings. The van der Waals surface area contributed by atoms with Crippen molar-refractivity contribution < 1.29 is 8.78 Å². The minimum atomic E-state index is -0.572. The van der Waals surface area contributed by atoms with Crippen LogP contribution in [0, 0.1) is 34.3 Å². The number of aromatic nitrogens is 1. The van der Waals surface area contributed by atoms with E-state index in [2.05, 4.69) is 0 Å². The molecule has 3 nitrogen and oxygen atoms in total. The third-order valence-corrected chi connectivity index (χ3v) is 4.73. The van der Waals surface area contributed by atoms with Gasteiger partial charge in [-0.25, -0.2) is 8.78 Å². The third-order valence-electron chi connectivity index (χ3n) is 4.73. The lowest BCUT2D eigenvalue weighted by molar-refractivity contribution is 0.625. The average molecular weight is 327 g/mol. The van der Waals surface area contributed by atoms with Crippen LogP contribution < -0.4 is 0 Å². The summed E-state index contributed by atoms with van der Waals surface area (Å²) in [5, 5.41) is 21.3. The van der Waals surface area contributed by atoms with Crippen LogP contribution in [-0.2, 0) is 0 Å². The smallest absolute Gasteiger partial charge is 0.141 e. The zero-order valence-corrected chi connectivity index (χ0v) is 12.6. The maximum Gasteiger partial charge on any atom is 0.141 e. The second-order valence-electron chi connectivity index (χ2n) is 5.96. The molecule has 5 heteroatoms. The highest BCUT2D eigenvalue weighted by atomic mass is 19.1. The summed E-state index contributed by atoms with van der Waals surface area (Å²) in [6.07, 6.45) is 0. The summed E-state index contributed by atoms with van der Waals surface area (Å²) in [4.78, 5) is 0. The van der Waals surface area contributed by atoms with Crippen LogP contribution in [-0.4, -0.2) is 4.40 Å². The number of rotatable bonds is 0. The Hall–Kier alpha value is -3.70. The lowest BCUT2D eigenvalue weighted by Gasteiger charge is -2.00. The van der Waals surface area contributed by atoms with Gasteiger partial charge in [0.2, 0.25) is 0 Å². The molecule has 2 aromatic heterocycles. The number of halogens is 2. The Morgan fingerprint density at radius 1 is 0.720 bits per heavy atom. The first-order chi connectivity index (χ1) is 12.1. The highest BCUT2D eigenvalue weighted by Gasteiger charge is 2.20. The summed E-state index contributed by atoms with van der Waals surface area (Å²) in [7, 11) is 0. The van der Waals surface area contributed by atoms with Gasteiger partial charge in [0.15, 0.2) is 0 Å². The van der Waals surface area contributed by atoms with Crippen LogP contribution >= 0.6 is 0 Å². The summed E-state index contributed by atoms with van der Waals surface area (Å²) in [6, 6.07) is 15.0. The van der Waals surface area contributed by atoms with Crippen LogP contribution in [0.4, 0.5) is 8.78 Å². The van der Waals surface area contributed by atoms with Gasteiger partial charge in [0, 0.05) is 21.5 Å². The molecule has 0 aliphatic rings. The van der Waals surface area contributed by atoms with Crippen LogP contribution in [0.5, 0.6) is 0 Å². The monoisotopic (exact) mass is 327 g/mol. The molecule has 0 saturated heterocycles. The fourth-order valence-corrected chi connectivity index (χ4v) is 3.69. The molecule has 25 heavy (non-hydrogen) atoms. The summed E-state index contributed by atoms with van der Waals surface area (Å²) >= 11 is 0. The summed E-state index contributed by atoms with van der Waals surface area (Å²) in [5.41, 5.74) is 2.05. The van der Waals surface area contributed by atoms with E-state index in [1.54, 1.807) is 0 Å². The lowest BCUT2D eigenvalue weighted by atomic mass is 10.1. The minimum absolute atomic E-state index is 0.0517. The molecule has 0 saturated carbocycles. The Balaban J connectivity index is 2.16. The number of nitriles is 2. The largest absolute Gasteiger partial charge is 0.308 e. The van der Waals surface area contributed by atoms with Gasteiger partial charge in [-0.2, -0.15) is 10.5 Å². The van der Waals surface area contributed by atoms with Crippen molar-refractivity contribution >= 4 is 38.1 Å². The van der Waals surface area contributed by atoms with E-state index in [4.69, 9.17) is 10.5 Å². The third kappa shape index (κ3) is 1.55. The molecule has 0 radical (unpaired) electrons. The molecule has 0 unspecified atom stereocenters. The van der Waals surface area contributed by atoms with Crippen molar-refractivity contribution in [2.24, 2.45) is 0 Å². The first-order valence-corrected chi connectivity index (χ1v) is 7.55. The number of benzene rings is 3. The molecular weight excluding hydrogens is 320 g/mol. The van der Waals surface area contributed by atoms with Crippen molar-refractivity contribution in [2.75, 3.05) is 0 Å². The first kappa shape index (κ1) is 13.7. The maximum absolute atomic E-state index is 14.1. The van der Waals surface area contributed by atoms with Crippen LogP contribution in [0.15, 0.2) is 42.5 Å². The quantitative estimate of drug-likeness (QED) is 0.408. The Morgan fingerprint density at radius 3 is 1.64 bits per heavy atom. The number of hydrogen-bond donors (Lipinski definition) is 0. The molecule has 5 rings (SSSR count). The Labute approximate surface area is 139 Å². The van der Waals surface area contributed by atoms with Crippen LogP contribution in [0.1, 0.15) is 11.1 Å². The number of fused-ring (bicyclic) bond motifs is 6.